The van der Waals surface area contributed by atoms with E-state index in [2.05, 4.69) is 5.10 Å². The Balaban J connectivity index is 2.18. The Morgan fingerprint density at radius 1 is 1.22 bits per heavy atom. The van der Waals surface area contributed by atoms with Gasteiger partial charge in [0.25, 0.3) is 0 Å². The summed E-state index contributed by atoms with van der Waals surface area (Å²) < 4.78 is 15.3. The molecule has 1 aromatic carbocycles. The molecule has 0 saturated heterocycles. The third-order valence-corrected chi connectivity index (χ3v) is 5.30. The van der Waals surface area contributed by atoms with Gasteiger partial charge in [-0.2, -0.15) is 5.10 Å². The standard InChI is InChI=1S/C24H28FN3O4/c1-13(2)23-19(10-9-17(29)11-18(30)12-20(31)32)22(15-5-7-16(25)8-6-15)21-14(3)27-28(4)24(21)26-23/h5-10,13,17-18,29-30H,11-12H2,1-4H3,(H,31,32)/b10-9+/t17-,18-/m1/s1. The first-order chi connectivity index (χ1) is 15.1. The van der Waals surface area contributed by atoms with Gasteiger partial charge in [0.05, 0.1) is 35.4 Å². The Kier molecular flexibility index (Phi) is 7.06. The number of nitrogens with zero attached hydrogens (tertiary/aromatic N) is 3. The van der Waals surface area contributed by atoms with Gasteiger partial charge in [-0.05, 0) is 30.5 Å². The molecule has 0 saturated carbocycles. The van der Waals surface area contributed by atoms with Gasteiger partial charge in [0.2, 0.25) is 0 Å². The molecule has 7 nitrogen and oxygen atoms in total. The fourth-order valence-electron chi connectivity index (χ4n) is 3.88. The summed E-state index contributed by atoms with van der Waals surface area (Å²) >= 11 is 0. The molecule has 2 heterocycles. The summed E-state index contributed by atoms with van der Waals surface area (Å²) in [5.41, 5.74) is 4.66. The van der Waals surface area contributed by atoms with Crippen LogP contribution in [-0.2, 0) is 11.8 Å². The van der Waals surface area contributed by atoms with E-state index in [0.29, 0.717) is 5.65 Å². The number of carboxylic acids is 1. The molecule has 2 atom stereocenters. The zero-order valence-electron chi connectivity index (χ0n) is 18.6. The van der Waals surface area contributed by atoms with E-state index in [0.717, 1.165) is 33.5 Å². The first-order valence-electron chi connectivity index (χ1n) is 10.5. The zero-order chi connectivity index (χ0) is 23.6. The number of halogens is 1. The van der Waals surface area contributed by atoms with Gasteiger partial charge in [0.15, 0.2) is 5.65 Å². The molecule has 2 aromatic heterocycles. The van der Waals surface area contributed by atoms with E-state index in [-0.39, 0.29) is 18.2 Å². The Bertz CT molecular complexity index is 1150. The topological polar surface area (TPSA) is 108 Å². The Labute approximate surface area is 185 Å². The normalized spacial score (nSPS) is 13.9. The summed E-state index contributed by atoms with van der Waals surface area (Å²) in [5, 5.41) is 34.4. The summed E-state index contributed by atoms with van der Waals surface area (Å²) in [6.45, 7) is 5.91. The van der Waals surface area contributed by atoms with Gasteiger partial charge in [-0.15, -0.1) is 0 Å². The molecule has 0 fully saturated rings. The fraction of sp³-hybridized carbons (Fsp3) is 0.375. The van der Waals surface area contributed by atoms with Crippen molar-refractivity contribution in [1.29, 1.82) is 0 Å². The minimum atomic E-state index is -1.16. The summed E-state index contributed by atoms with van der Waals surface area (Å²) in [4.78, 5) is 15.6. The molecule has 0 amide bonds. The van der Waals surface area contributed by atoms with Crippen molar-refractivity contribution in [1.82, 2.24) is 14.8 Å². The van der Waals surface area contributed by atoms with E-state index in [1.165, 1.54) is 18.2 Å². The highest BCUT2D eigenvalue weighted by Gasteiger charge is 2.22. The number of aliphatic hydroxyl groups excluding tert-OH is 2. The maximum Gasteiger partial charge on any atom is 0.305 e. The van der Waals surface area contributed by atoms with Gasteiger partial charge >= 0.3 is 5.97 Å². The van der Waals surface area contributed by atoms with Crippen LogP contribution in [0.3, 0.4) is 0 Å². The fourth-order valence-corrected chi connectivity index (χ4v) is 3.88. The second kappa shape index (κ2) is 9.58. The lowest BCUT2D eigenvalue weighted by atomic mass is 9.91. The number of hydrogen-bond donors (Lipinski definition) is 3. The van der Waals surface area contributed by atoms with Gasteiger partial charge in [-0.25, -0.2) is 9.37 Å². The second-order valence-corrected chi connectivity index (χ2v) is 8.27. The minimum absolute atomic E-state index is 0.0446. The minimum Gasteiger partial charge on any atom is -0.481 e. The van der Waals surface area contributed by atoms with Gasteiger partial charge in [0, 0.05) is 24.6 Å². The average molecular weight is 442 g/mol. The van der Waals surface area contributed by atoms with Crippen LogP contribution in [0.15, 0.2) is 30.3 Å². The number of rotatable bonds is 8. The van der Waals surface area contributed by atoms with Crippen molar-refractivity contribution in [2.45, 2.75) is 51.7 Å². The number of carbonyl (C=O) groups is 1. The zero-order valence-corrected chi connectivity index (χ0v) is 18.6. The molecule has 0 radical (unpaired) electrons. The first kappa shape index (κ1) is 23.6. The number of aromatic nitrogens is 3. The highest BCUT2D eigenvalue weighted by Crippen LogP contribution is 2.38. The quantitative estimate of drug-likeness (QED) is 0.491. The summed E-state index contributed by atoms with van der Waals surface area (Å²) in [6, 6.07) is 6.19. The van der Waals surface area contributed by atoms with Gasteiger partial charge in [-0.3, -0.25) is 9.48 Å². The number of pyridine rings is 1. The highest BCUT2D eigenvalue weighted by molar-refractivity contribution is 5.99. The van der Waals surface area contributed by atoms with E-state index in [9.17, 15) is 19.4 Å². The first-order valence-corrected chi connectivity index (χ1v) is 10.5. The van der Waals surface area contributed by atoms with E-state index in [1.807, 2.05) is 27.8 Å². The summed E-state index contributed by atoms with van der Waals surface area (Å²) in [5.74, 6) is -1.43. The molecule has 0 spiro atoms. The van der Waals surface area contributed by atoms with Gasteiger partial charge in [0.1, 0.15) is 5.82 Å². The highest BCUT2D eigenvalue weighted by atomic mass is 19.1. The van der Waals surface area contributed by atoms with E-state index < -0.39 is 24.6 Å². The van der Waals surface area contributed by atoms with Crippen molar-refractivity contribution in [2.24, 2.45) is 7.05 Å². The number of fused-ring (bicyclic) bond motifs is 1. The van der Waals surface area contributed by atoms with Crippen LogP contribution in [0, 0.1) is 12.7 Å². The molecule has 0 aliphatic heterocycles. The van der Waals surface area contributed by atoms with Crippen LogP contribution in [0.1, 0.15) is 49.6 Å². The van der Waals surface area contributed by atoms with Crippen LogP contribution in [-0.4, -0.2) is 48.3 Å². The van der Waals surface area contributed by atoms with E-state index in [4.69, 9.17) is 10.1 Å². The Morgan fingerprint density at radius 3 is 2.47 bits per heavy atom. The Hall–Kier alpha value is -3.10. The Morgan fingerprint density at radius 2 is 1.88 bits per heavy atom. The number of aliphatic hydroxyl groups is 2. The van der Waals surface area contributed by atoms with Crippen molar-refractivity contribution in [3.63, 3.8) is 0 Å². The van der Waals surface area contributed by atoms with Crippen LogP contribution in [0.2, 0.25) is 0 Å². The number of benzene rings is 1. The second-order valence-electron chi connectivity index (χ2n) is 8.27. The van der Waals surface area contributed by atoms with E-state index in [1.54, 1.807) is 22.9 Å². The molecule has 0 aliphatic rings. The lowest BCUT2D eigenvalue weighted by Gasteiger charge is -2.17. The van der Waals surface area contributed by atoms with Crippen LogP contribution >= 0.6 is 0 Å². The lowest BCUT2D eigenvalue weighted by Crippen LogP contribution is -2.19. The van der Waals surface area contributed by atoms with Crippen molar-refractivity contribution >= 4 is 23.1 Å². The molecule has 3 aromatic rings. The third-order valence-electron chi connectivity index (χ3n) is 5.30. The van der Waals surface area contributed by atoms with Crippen LogP contribution in [0.4, 0.5) is 4.39 Å². The van der Waals surface area contributed by atoms with E-state index >= 15 is 0 Å². The SMILES string of the molecule is Cc1nn(C)c2nc(C(C)C)c(/C=C/[C@@H](O)C[C@@H](O)CC(=O)O)c(-c3ccc(F)cc3)c12. The monoisotopic (exact) mass is 441 g/mol. The molecule has 8 heteroatoms. The maximum absolute atomic E-state index is 13.6. The van der Waals surface area contributed by atoms with Gasteiger partial charge < -0.3 is 15.3 Å². The molecule has 0 unspecified atom stereocenters. The number of aryl methyl sites for hydroxylation is 2. The van der Waals surface area contributed by atoms with Crippen LogP contribution < -0.4 is 0 Å². The smallest absolute Gasteiger partial charge is 0.305 e. The summed E-state index contributed by atoms with van der Waals surface area (Å²) in [6.07, 6.45) is 0.521. The molecule has 0 aliphatic carbocycles. The van der Waals surface area contributed by atoms with Crippen molar-refractivity contribution in [3.8, 4) is 11.1 Å². The number of aliphatic carboxylic acids is 1. The van der Waals surface area contributed by atoms with Gasteiger partial charge in [-0.1, -0.05) is 38.1 Å². The predicted molar refractivity (Wildman–Crippen MR) is 121 cm³/mol. The van der Waals surface area contributed by atoms with Crippen molar-refractivity contribution in [2.75, 3.05) is 0 Å². The number of carboxylic acid groups (broad SMARTS) is 1. The largest absolute Gasteiger partial charge is 0.481 e. The summed E-state index contributed by atoms with van der Waals surface area (Å²) in [7, 11) is 1.82. The molecule has 0 bridgehead atoms. The average Bonchev–Trinajstić information content (AvgIpc) is 2.98. The molecular weight excluding hydrogens is 413 g/mol. The maximum atomic E-state index is 13.6. The van der Waals surface area contributed by atoms with Crippen molar-refractivity contribution in [3.05, 3.63) is 53.1 Å². The molecule has 32 heavy (non-hydrogen) atoms. The van der Waals surface area contributed by atoms with Crippen LogP contribution in [0.25, 0.3) is 28.2 Å². The third kappa shape index (κ3) is 5.03. The molecule has 3 rings (SSSR count). The molecule has 3 N–H and O–H groups in total. The predicted octanol–water partition coefficient (Wildman–Crippen LogP) is 3.81. The van der Waals surface area contributed by atoms with Crippen LogP contribution in [0.5, 0.6) is 0 Å². The lowest BCUT2D eigenvalue weighted by molar-refractivity contribution is -0.139. The molecular formula is C24H28FN3O4. The molecule has 170 valence electrons. The van der Waals surface area contributed by atoms with Crippen molar-refractivity contribution < 1.29 is 24.5 Å². The number of hydrogen-bond acceptors (Lipinski definition) is 5.